The molecule has 2 saturated carbocycles. The second kappa shape index (κ2) is 9.66. The summed E-state index contributed by atoms with van der Waals surface area (Å²) in [6, 6.07) is 6.21. The van der Waals surface area contributed by atoms with Crippen molar-refractivity contribution >= 4 is 11.4 Å². The molecule has 2 fully saturated rings. The van der Waals surface area contributed by atoms with Crippen molar-refractivity contribution in [3.05, 3.63) is 35.9 Å². The molecule has 2 heteroatoms. The summed E-state index contributed by atoms with van der Waals surface area (Å²) in [6.45, 7) is 2.22. The highest BCUT2D eigenvalue weighted by Gasteiger charge is 2.48. The lowest BCUT2D eigenvalue weighted by Crippen LogP contribution is -2.45. The maximum Gasteiger partial charge on any atom is 0.0373 e. The van der Waals surface area contributed by atoms with Crippen molar-refractivity contribution < 1.29 is 0 Å². The van der Waals surface area contributed by atoms with Crippen LogP contribution in [0.1, 0.15) is 96.0 Å². The van der Waals surface area contributed by atoms with Gasteiger partial charge in [0.2, 0.25) is 0 Å². The molecule has 0 unspecified atom stereocenters. The molecule has 0 saturated heterocycles. The molecule has 150 valence electrons. The summed E-state index contributed by atoms with van der Waals surface area (Å²) >= 11 is 0. The van der Waals surface area contributed by atoms with Gasteiger partial charge in [0.15, 0.2) is 0 Å². The molecule has 1 aromatic rings. The average molecular weight is 369 g/mol. The van der Waals surface area contributed by atoms with Gasteiger partial charge in [0.25, 0.3) is 0 Å². The lowest BCUT2D eigenvalue weighted by atomic mass is 9.53. The van der Waals surface area contributed by atoms with Crippen molar-refractivity contribution in [1.82, 2.24) is 0 Å². The zero-order valence-electron chi connectivity index (χ0n) is 17.4. The lowest BCUT2D eigenvalue weighted by molar-refractivity contribution is 0.0916. The van der Waals surface area contributed by atoms with Gasteiger partial charge in [-0.15, -0.1) is 0 Å². The van der Waals surface area contributed by atoms with E-state index in [1.54, 1.807) is 0 Å². The Balaban J connectivity index is 2.08. The van der Waals surface area contributed by atoms with Crippen LogP contribution in [0.15, 0.2) is 30.4 Å². The number of nitrogens with two attached hydrogens (primary N) is 2. The summed E-state index contributed by atoms with van der Waals surface area (Å²) in [5.74, 6) is 1.47. The van der Waals surface area contributed by atoms with E-state index in [9.17, 15) is 0 Å². The molecule has 0 atom stereocenters. The van der Waals surface area contributed by atoms with E-state index in [0.29, 0.717) is 0 Å². The summed E-state index contributed by atoms with van der Waals surface area (Å²) in [6.07, 6.45) is 21.9. The van der Waals surface area contributed by atoms with Crippen LogP contribution in [0.5, 0.6) is 0 Å². The molecule has 0 spiro atoms. The van der Waals surface area contributed by atoms with E-state index < -0.39 is 0 Å². The van der Waals surface area contributed by atoms with Gasteiger partial charge in [-0.2, -0.15) is 0 Å². The standard InChI is InChI=1S/C25H40N2/c1-2-3-4-11-19-25(20-13-7-5-8-14-20,21-15-9-6-10-16-21)24-22(26)17-12-18-23(24)27/h3-4,12,17-18,20-21H,2,5-11,13-16,19,26-27H2,1H3/b4-3+. The van der Waals surface area contributed by atoms with Crippen LogP contribution in [0.25, 0.3) is 0 Å². The molecule has 3 rings (SSSR count). The Kier molecular flexibility index (Phi) is 7.26. The Bertz CT molecular complexity index is 568. The Morgan fingerprint density at radius 3 is 1.85 bits per heavy atom. The maximum atomic E-state index is 6.65. The molecular formula is C25H40N2. The minimum Gasteiger partial charge on any atom is -0.398 e. The highest BCUT2D eigenvalue weighted by molar-refractivity contribution is 5.65. The monoisotopic (exact) mass is 368 g/mol. The van der Waals surface area contributed by atoms with Gasteiger partial charge < -0.3 is 11.5 Å². The molecule has 27 heavy (non-hydrogen) atoms. The Labute approximate surface area is 166 Å². The first kappa shape index (κ1) is 20.3. The zero-order valence-corrected chi connectivity index (χ0v) is 17.4. The van der Waals surface area contributed by atoms with Gasteiger partial charge in [-0.05, 0) is 68.9 Å². The molecule has 4 N–H and O–H groups in total. The Morgan fingerprint density at radius 1 is 0.852 bits per heavy atom. The predicted octanol–water partition coefficient (Wildman–Crippen LogP) is 7.00. The van der Waals surface area contributed by atoms with E-state index in [2.05, 4.69) is 31.2 Å². The summed E-state index contributed by atoms with van der Waals surface area (Å²) in [4.78, 5) is 0. The van der Waals surface area contributed by atoms with Crippen LogP contribution in [0, 0.1) is 11.8 Å². The van der Waals surface area contributed by atoms with Crippen molar-refractivity contribution in [2.24, 2.45) is 11.8 Å². The normalized spacial score (nSPS) is 20.3. The van der Waals surface area contributed by atoms with E-state index in [-0.39, 0.29) is 5.41 Å². The fourth-order valence-electron chi connectivity index (χ4n) is 6.24. The lowest BCUT2D eigenvalue weighted by Gasteiger charge is -2.51. The minimum atomic E-state index is 0.161. The smallest absolute Gasteiger partial charge is 0.0373 e. The van der Waals surface area contributed by atoms with Crippen molar-refractivity contribution in [1.29, 1.82) is 0 Å². The summed E-state index contributed by atoms with van der Waals surface area (Å²) in [7, 11) is 0. The summed E-state index contributed by atoms with van der Waals surface area (Å²) < 4.78 is 0. The van der Waals surface area contributed by atoms with Crippen molar-refractivity contribution in [2.75, 3.05) is 11.5 Å². The van der Waals surface area contributed by atoms with E-state index in [1.165, 1.54) is 76.2 Å². The van der Waals surface area contributed by atoms with Crippen LogP contribution in [-0.4, -0.2) is 0 Å². The van der Waals surface area contributed by atoms with Gasteiger partial charge in [0, 0.05) is 22.4 Å². The van der Waals surface area contributed by atoms with Crippen molar-refractivity contribution in [2.45, 2.75) is 95.8 Å². The average Bonchev–Trinajstić information content (AvgIpc) is 2.71. The van der Waals surface area contributed by atoms with Crippen molar-refractivity contribution in [3.63, 3.8) is 0 Å². The molecule has 0 heterocycles. The molecule has 2 aliphatic rings. The second-order valence-corrected chi connectivity index (χ2v) is 8.94. The molecular weight excluding hydrogens is 328 g/mol. The molecule has 0 amide bonds. The SMILES string of the molecule is CC/C=C/CCC(c1c(N)cccc1N)(C1CCCCC1)C1CCCCC1. The molecule has 2 aliphatic carbocycles. The van der Waals surface area contributed by atoms with Gasteiger partial charge in [-0.1, -0.05) is 63.7 Å². The third-order valence-electron chi connectivity index (χ3n) is 7.39. The Morgan fingerprint density at radius 2 is 1.37 bits per heavy atom. The number of rotatable bonds is 7. The fourth-order valence-corrected chi connectivity index (χ4v) is 6.24. The maximum absolute atomic E-state index is 6.65. The second-order valence-electron chi connectivity index (χ2n) is 8.94. The largest absolute Gasteiger partial charge is 0.398 e. The highest BCUT2D eigenvalue weighted by atomic mass is 14.7. The number of benzene rings is 1. The molecule has 1 aromatic carbocycles. The molecule has 0 aromatic heterocycles. The van der Waals surface area contributed by atoms with E-state index in [0.717, 1.165) is 36.1 Å². The molecule has 0 aliphatic heterocycles. The molecule has 0 radical (unpaired) electrons. The zero-order chi connectivity index (χ0) is 19.1. The number of anilines is 2. The first-order chi connectivity index (χ1) is 13.2. The third-order valence-corrected chi connectivity index (χ3v) is 7.39. The van der Waals surface area contributed by atoms with Gasteiger partial charge in [-0.3, -0.25) is 0 Å². The van der Waals surface area contributed by atoms with E-state index >= 15 is 0 Å². The first-order valence-electron chi connectivity index (χ1n) is 11.5. The van der Waals surface area contributed by atoms with Gasteiger partial charge in [-0.25, -0.2) is 0 Å². The van der Waals surface area contributed by atoms with Gasteiger partial charge in [0.05, 0.1) is 0 Å². The van der Waals surface area contributed by atoms with Crippen LogP contribution in [0.2, 0.25) is 0 Å². The third kappa shape index (κ3) is 4.36. The quantitative estimate of drug-likeness (QED) is 0.402. The van der Waals surface area contributed by atoms with Crippen LogP contribution in [0.3, 0.4) is 0 Å². The van der Waals surface area contributed by atoms with E-state index in [1.807, 2.05) is 6.07 Å². The number of allylic oxidation sites excluding steroid dienone is 2. The van der Waals surface area contributed by atoms with Crippen molar-refractivity contribution in [3.8, 4) is 0 Å². The molecule has 0 bridgehead atoms. The number of hydrogen-bond donors (Lipinski definition) is 2. The van der Waals surface area contributed by atoms with Crippen LogP contribution >= 0.6 is 0 Å². The topological polar surface area (TPSA) is 52.0 Å². The van der Waals surface area contributed by atoms with Crippen LogP contribution in [0.4, 0.5) is 11.4 Å². The van der Waals surface area contributed by atoms with Gasteiger partial charge >= 0.3 is 0 Å². The first-order valence-corrected chi connectivity index (χ1v) is 11.5. The number of hydrogen-bond acceptors (Lipinski definition) is 2. The Hall–Kier alpha value is -1.44. The van der Waals surface area contributed by atoms with E-state index in [4.69, 9.17) is 11.5 Å². The van der Waals surface area contributed by atoms with Gasteiger partial charge in [0.1, 0.15) is 0 Å². The minimum absolute atomic E-state index is 0.161. The summed E-state index contributed by atoms with van der Waals surface area (Å²) in [5, 5.41) is 0. The molecule has 2 nitrogen and oxygen atoms in total. The number of nitrogen functional groups attached to an aromatic ring is 2. The predicted molar refractivity (Wildman–Crippen MR) is 119 cm³/mol. The van der Waals surface area contributed by atoms with Crippen LogP contribution < -0.4 is 11.5 Å². The highest BCUT2D eigenvalue weighted by Crippen LogP contribution is 2.55. The van der Waals surface area contributed by atoms with Crippen LogP contribution in [-0.2, 0) is 5.41 Å². The fraction of sp³-hybridized carbons (Fsp3) is 0.680. The summed E-state index contributed by atoms with van der Waals surface area (Å²) in [5.41, 5.74) is 16.7.